The van der Waals surface area contributed by atoms with Gasteiger partial charge in [0.15, 0.2) is 11.6 Å². The second-order valence-corrected chi connectivity index (χ2v) is 4.89. The number of halogens is 2. The highest BCUT2D eigenvalue weighted by Gasteiger charge is 2.14. The average molecular weight is 298 g/mol. The van der Waals surface area contributed by atoms with Gasteiger partial charge in [0, 0.05) is 19.2 Å². The standard InChI is InChI=1S/C14H17ClFN3O/c1-9-13(15)12(19(3)18-9)8-20-14-10(7-17-2)5-4-6-11(14)16/h4-6,17H,7-8H2,1-3H3. The average Bonchev–Trinajstić information content (AvgIpc) is 2.64. The Morgan fingerprint density at radius 1 is 1.45 bits per heavy atom. The Hall–Kier alpha value is -1.59. The highest BCUT2D eigenvalue weighted by atomic mass is 35.5. The molecule has 1 N–H and O–H groups in total. The largest absolute Gasteiger partial charge is 0.484 e. The molecular weight excluding hydrogens is 281 g/mol. The summed E-state index contributed by atoms with van der Waals surface area (Å²) in [7, 11) is 3.59. The molecule has 0 saturated carbocycles. The maximum absolute atomic E-state index is 13.9. The maximum Gasteiger partial charge on any atom is 0.165 e. The van der Waals surface area contributed by atoms with Crippen molar-refractivity contribution in [2.45, 2.75) is 20.1 Å². The van der Waals surface area contributed by atoms with Crippen LogP contribution < -0.4 is 10.1 Å². The fourth-order valence-corrected chi connectivity index (χ4v) is 2.24. The third kappa shape index (κ3) is 2.94. The Labute approximate surface area is 122 Å². The molecule has 0 aliphatic rings. The molecule has 1 aromatic carbocycles. The summed E-state index contributed by atoms with van der Waals surface area (Å²) in [6.07, 6.45) is 0. The van der Waals surface area contributed by atoms with Gasteiger partial charge in [-0.3, -0.25) is 4.68 Å². The van der Waals surface area contributed by atoms with E-state index in [1.54, 1.807) is 24.8 Å². The lowest BCUT2D eigenvalue weighted by atomic mass is 10.2. The molecule has 0 saturated heterocycles. The molecule has 2 aromatic rings. The molecule has 0 atom stereocenters. The molecule has 0 bridgehead atoms. The van der Waals surface area contributed by atoms with E-state index in [1.165, 1.54) is 6.07 Å². The first kappa shape index (κ1) is 14.8. The SMILES string of the molecule is CNCc1cccc(F)c1OCc1c(Cl)c(C)nn1C. The summed E-state index contributed by atoms with van der Waals surface area (Å²) in [4.78, 5) is 0. The maximum atomic E-state index is 13.9. The summed E-state index contributed by atoms with van der Waals surface area (Å²) in [5.74, 6) is -0.135. The van der Waals surface area contributed by atoms with Crippen LogP contribution in [0.2, 0.25) is 5.02 Å². The van der Waals surface area contributed by atoms with Gasteiger partial charge in [-0.25, -0.2) is 4.39 Å². The van der Waals surface area contributed by atoms with Gasteiger partial charge in [-0.15, -0.1) is 0 Å². The van der Waals surface area contributed by atoms with Crippen molar-refractivity contribution in [2.24, 2.45) is 7.05 Å². The third-order valence-corrected chi connectivity index (χ3v) is 3.52. The predicted molar refractivity (Wildman–Crippen MR) is 76.5 cm³/mol. The smallest absolute Gasteiger partial charge is 0.165 e. The number of aromatic nitrogens is 2. The molecule has 108 valence electrons. The molecule has 0 aliphatic carbocycles. The zero-order valence-electron chi connectivity index (χ0n) is 11.7. The Morgan fingerprint density at radius 2 is 2.20 bits per heavy atom. The van der Waals surface area contributed by atoms with Gasteiger partial charge in [0.1, 0.15) is 6.61 Å². The highest BCUT2D eigenvalue weighted by Crippen LogP contribution is 2.26. The Kier molecular flexibility index (Phi) is 4.62. The molecule has 4 nitrogen and oxygen atoms in total. The predicted octanol–water partition coefficient (Wildman–Crippen LogP) is 2.82. The van der Waals surface area contributed by atoms with E-state index >= 15 is 0 Å². The van der Waals surface area contributed by atoms with Gasteiger partial charge < -0.3 is 10.1 Å². The number of hydrogen-bond donors (Lipinski definition) is 1. The minimum Gasteiger partial charge on any atom is -0.484 e. The topological polar surface area (TPSA) is 39.1 Å². The third-order valence-electron chi connectivity index (χ3n) is 3.03. The number of hydrogen-bond acceptors (Lipinski definition) is 3. The first-order valence-corrected chi connectivity index (χ1v) is 6.65. The number of benzene rings is 1. The van der Waals surface area contributed by atoms with Crippen LogP contribution in [0.15, 0.2) is 18.2 Å². The molecule has 1 heterocycles. The van der Waals surface area contributed by atoms with Crippen LogP contribution in [0.5, 0.6) is 5.75 Å². The number of ether oxygens (including phenoxy) is 1. The lowest BCUT2D eigenvalue weighted by Gasteiger charge is -2.12. The highest BCUT2D eigenvalue weighted by molar-refractivity contribution is 6.31. The Morgan fingerprint density at radius 3 is 2.80 bits per heavy atom. The summed E-state index contributed by atoms with van der Waals surface area (Å²) in [6.45, 7) is 2.53. The van der Waals surface area contributed by atoms with Crippen molar-refractivity contribution in [3.63, 3.8) is 0 Å². The molecule has 0 unspecified atom stereocenters. The fourth-order valence-electron chi connectivity index (χ4n) is 2.02. The van der Waals surface area contributed by atoms with Gasteiger partial charge in [-0.1, -0.05) is 23.7 Å². The summed E-state index contributed by atoms with van der Waals surface area (Å²) in [5, 5.41) is 7.74. The number of nitrogens with zero attached hydrogens (tertiary/aromatic N) is 2. The zero-order valence-corrected chi connectivity index (χ0v) is 12.5. The van der Waals surface area contributed by atoms with Crippen molar-refractivity contribution < 1.29 is 9.13 Å². The van der Waals surface area contributed by atoms with E-state index in [-0.39, 0.29) is 18.2 Å². The van der Waals surface area contributed by atoms with Crippen molar-refractivity contribution >= 4 is 11.6 Å². The second-order valence-electron chi connectivity index (χ2n) is 4.52. The summed E-state index contributed by atoms with van der Waals surface area (Å²) < 4.78 is 21.1. The van der Waals surface area contributed by atoms with Crippen LogP contribution in [0.3, 0.4) is 0 Å². The molecule has 2 rings (SSSR count). The minimum atomic E-state index is -0.382. The summed E-state index contributed by atoms with van der Waals surface area (Å²) in [5.41, 5.74) is 2.22. The van der Waals surface area contributed by atoms with Gasteiger partial charge in [0.2, 0.25) is 0 Å². The van der Waals surface area contributed by atoms with Crippen molar-refractivity contribution in [1.29, 1.82) is 0 Å². The van der Waals surface area contributed by atoms with Crippen molar-refractivity contribution in [2.75, 3.05) is 7.05 Å². The Bertz CT molecular complexity index is 613. The number of nitrogens with one attached hydrogen (secondary N) is 1. The van der Waals surface area contributed by atoms with Crippen LogP contribution in [0.25, 0.3) is 0 Å². The lowest BCUT2D eigenvalue weighted by Crippen LogP contribution is -2.10. The van der Waals surface area contributed by atoms with E-state index in [2.05, 4.69) is 10.4 Å². The van der Waals surface area contributed by atoms with Gasteiger partial charge in [-0.05, 0) is 20.0 Å². The van der Waals surface area contributed by atoms with Crippen LogP contribution in [0.4, 0.5) is 4.39 Å². The molecule has 0 amide bonds. The lowest BCUT2D eigenvalue weighted by molar-refractivity contribution is 0.276. The van der Waals surface area contributed by atoms with Gasteiger partial charge in [0.25, 0.3) is 0 Å². The summed E-state index contributed by atoms with van der Waals surface area (Å²) >= 11 is 6.15. The van der Waals surface area contributed by atoms with Gasteiger partial charge >= 0.3 is 0 Å². The van der Waals surface area contributed by atoms with Crippen LogP contribution in [-0.2, 0) is 20.2 Å². The molecule has 0 radical (unpaired) electrons. The summed E-state index contributed by atoms with van der Waals surface area (Å²) in [6, 6.07) is 4.87. The molecule has 0 spiro atoms. The van der Waals surface area contributed by atoms with Crippen LogP contribution in [-0.4, -0.2) is 16.8 Å². The fraction of sp³-hybridized carbons (Fsp3) is 0.357. The first-order valence-electron chi connectivity index (χ1n) is 6.27. The molecule has 0 aliphatic heterocycles. The zero-order chi connectivity index (χ0) is 14.7. The van der Waals surface area contributed by atoms with E-state index in [4.69, 9.17) is 16.3 Å². The number of rotatable bonds is 5. The minimum absolute atomic E-state index is 0.174. The quantitative estimate of drug-likeness (QED) is 0.922. The van der Waals surface area contributed by atoms with Crippen molar-refractivity contribution in [3.8, 4) is 5.75 Å². The van der Waals surface area contributed by atoms with E-state index in [0.717, 1.165) is 17.0 Å². The van der Waals surface area contributed by atoms with Crippen LogP contribution in [0, 0.1) is 12.7 Å². The van der Waals surface area contributed by atoms with Gasteiger partial charge in [-0.2, -0.15) is 5.10 Å². The van der Waals surface area contributed by atoms with E-state index < -0.39 is 0 Å². The first-order chi connectivity index (χ1) is 9.54. The van der Waals surface area contributed by atoms with E-state index in [1.807, 2.05) is 13.0 Å². The molecule has 20 heavy (non-hydrogen) atoms. The normalized spacial score (nSPS) is 10.8. The number of aryl methyl sites for hydroxylation is 2. The van der Waals surface area contributed by atoms with Crippen LogP contribution >= 0.6 is 11.6 Å². The molecule has 0 fully saturated rings. The molecular formula is C14H17ClFN3O. The second kappa shape index (κ2) is 6.24. The molecule has 1 aromatic heterocycles. The monoisotopic (exact) mass is 297 g/mol. The van der Waals surface area contributed by atoms with E-state index in [0.29, 0.717) is 11.6 Å². The Balaban J connectivity index is 2.22. The van der Waals surface area contributed by atoms with Crippen molar-refractivity contribution in [1.82, 2.24) is 15.1 Å². The number of para-hydroxylation sites is 1. The van der Waals surface area contributed by atoms with E-state index in [9.17, 15) is 4.39 Å². The van der Waals surface area contributed by atoms with Crippen LogP contribution in [0.1, 0.15) is 17.0 Å². The molecule has 6 heteroatoms. The van der Waals surface area contributed by atoms with Crippen molar-refractivity contribution in [3.05, 3.63) is 46.0 Å². The van der Waals surface area contributed by atoms with Gasteiger partial charge in [0.05, 0.1) is 16.4 Å².